The highest BCUT2D eigenvalue weighted by molar-refractivity contribution is 5.86. The van der Waals surface area contributed by atoms with E-state index in [0.717, 1.165) is 25.7 Å². The minimum absolute atomic E-state index is 0.00137. The molecule has 3 N–H and O–H groups in total. The van der Waals surface area contributed by atoms with Crippen molar-refractivity contribution >= 4 is 5.78 Å². The molecule has 0 amide bonds. The van der Waals surface area contributed by atoms with E-state index >= 15 is 0 Å². The number of carbonyl (C=O) groups excluding carboxylic acids is 1. The molecular weight excluding hydrogens is 316 g/mol. The summed E-state index contributed by atoms with van der Waals surface area (Å²) in [5.74, 6) is 0.867. The average Bonchev–Trinajstić information content (AvgIpc) is 2.82. The summed E-state index contributed by atoms with van der Waals surface area (Å²) in [6, 6.07) is 0. The van der Waals surface area contributed by atoms with Crippen LogP contribution in [-0.4, -0.2) is 38.9 Å². The van der Waals surface area contributed by atoms with Gasteiger partial charge in [-0.25, -0.2) is 0 Å². The topological polar surface area (TPSA) is 77.8 Å². The first-order valence-corrected chi connectivity index (χ1v) is 9.92. The van der Waals surface area contributed by atoms with Crippen LogP contribution in [0.1, 0.15) is 59.3 Å². The number of rotatable bonds is 1. The first kappa shape index (κ1) is 17.7. The number of fused-ring (bicyclic) bond motifs is 5. The molecule has 3 fully saturated rings. The molecule has 4 rings (SSSR count). The lowest BCUT2D eigenvalue weighted by atomic mass is 9.44. The van der Waals surface area contributed by atoms with E-state index < -0.39 is 23.2 Å². The van der Waals surface area contributed by atoms with Crippen molar-refractivity contribution in [3.8, 4) is 0 Å². The minimum atomic E-state index is -1.24. The highest BCUT2D eigenvalue weighted by atomic mass is 16.3. The van der Waals surface area contributed by atoms with Gasteiger partial charge in [0.15, 0.2) is 5.78 Å². The van der Waals surface area contributed by atoms with Gasteiger partial charge < -0.3 is 15.3 Å². The zero-order valence-electron chi connectivity index (χ0n) is 15.6. The Bertz CT molecular complexity index is 615. The van der Waals surface area contributed by atoms with Crippen LogP contribution < -0.4 is 0 Å². The molecule has 1 unspecified atom stereocenters. The van der Waals surface area contributed by atoms with Gasteiger partial charge in [0.25, 0.3) is 0 Å². The molecule has 0 heterocycles. The Balaban J connectivity index is 1.73. The van der Waals surface area contributed by atoms with Crippen LogP contribution in [0.2, 0.25) is 0 Å². The van der Waals surface area contributed by atoms with Crippen LogP contribution >= 0.6 is 0 Å². The van der Waals surface area contributed by atoms with Gasteiger partial charge in [0.2, 0.25) is 0 Å². The van der Waals surface area contributed by atoms with Crippen LogP contribution in [0.25, 0.3) is 0 Å². The van der Waals surface area contributed by atoms with E-state index in [2.05, 4.69) is 19.9 Å². The average molecular weight is 348 g/mol. The Morgan fingerprint density at radius 2 is 1.76 bits per heavy atom. The zero-order chi connectivity index (χ0) is 18.2. The molecule has 4 heteroatoms. The van der Waals surface area contributed by atoms with Gasteiger partial charge >= 0.3 is 0 Å². The fourth-order valence-electron chi connectivity index (χ4n) is 7.36. The van der Waals surface area contributed by atoms with Gasteiger partial charge in [-0.05, 0) is 74.5 Å². The molecule has 4 aliphatic rings. The number of aliphatic hydroxyl groups excluding tert-OH is 2. The lowest BCUT2D eigenvalue weighted by Crippen LogP contribution is -2.61. The van der Waals surface area contributed by atoms with Gasteiger partial charge in [-0.3, -0.25) is 4.79 Å². The Labute approximate surface area is 150 Å². The van der Waals surface area contributed by atoms with E-state index in [1.807, 2.05) is 6.08 Å². The molecule has 0 aromatic heterocycles. The summed E-state index contributed by atoms with van der Waals surface area (Å²) >= 11 is 0. The first-order valence-electron chi connectivity index (χ1n) is 9.92. The van der Waals surface area contributed by atoms with Gasteiger partial charge in [-0.2, -0.15) is 0 Å². The number of hydrogen-bond acceptors (Lipinski definition) is 4. The van der Waals surface area contributed by atoms with Gasteiger partial charge in [0.05, 0.1) is 12.2 Å². The van der Waals surface area contributed by atoms with Gasteiger partial charge in [0.1, 0.15) is 5.60 Å². The maximum Gasteiger partial charge on any atom is 0.161 e. The lowest BCUT2D eigenvalue weighted by Gasteiger charge is -2.61. The quantitative estimate of drug-likeness (QED) is 0.636. The van der Waals surface area contributed by atoms with Crippen molar-refractivity contribution in [3.63, 3.8) is 0 Å². The summed E-state index contributed by atoms with van der Waals surface area (Å²) in [6.07, 6.45) is 7.87. The molecule has 4 nitrogen and oxygen atoms in total. The van der Waals surface area contributed by atoms with Gasteiger partial charge in [-0.15, -0.1) is 0 Å². The molecule has 0 aromatic carbocycles. The molecule has 9 atom stereocenters. The van der Waals surface area contributed by atoms with Crippen LogP contribution in [-0.2, 0) is 4.79 Å². The normalized spacial score (nSPS) is 57.5. The molecule has 0 aliphatic heterocycles. The number of allylic oxidation sites excluding steroid dienone is 1. The summed E-state index contributed by atoms with van der Waals surface area (Å²) in [7, 11) is 0. The molecule has 0 radical (unpaired) electrons. The monoisotopic (exact) mass is 348 g/mol. The highest BCUT2D eigenvalue weighted by Crippen LogP contribution is 2.67. The van der Waals surface area contributed by atoms with Crippen molar-refractivity contribution in [1.82, 2.24) is 0 Å². The maximum atomic E-state index is 12.2. The second kappa shape index (κ2) is 5.40. The predicted molar refractivity (Wildman–Crippen MR) is 94.7 cm³/mol. The summed E-state index contributed by atoms with van der Waals surface area (Å²) in [6.45, 7) is 5.88. The second-order valence-corrected chi connectivity index (χ2v) is 9.73. The lowest BCUT2D eigenvalue weighted by molar-refractivity contribution is -0.178. The molecule has 0 saturated heterocycles. The third-order valence-electron chi connectivity index (χ3n) is 8.92. The summed E-state index contributed by atoms with van der Waals surface area (Å²) in [4.78, 5) is 12.2. The van der Waals surface area contributed by atoms with Crippen LogP contribution in [0.3, 0.4) is 0 Å². The summed E-state index contributed by atoms with van der Waals surface area (Å²) < 4.78 is 0. The van der Waals surface area contributed by atoms with Gasteiger partial charge in [-0.1, -0.05) is 26.0 Å². The largest absolute Gasteiger partial charge is 0.393 e. The van der Waals surface area contributed by atoms with Crippen molar-refractivity contribution < 1.29 is 20.1 Å². The number of ketones is 1. The van der Waals surface area contributed by atoms with Crippen molar-refractivity contribution in [1.29, 1.82) is 0 Å². The molecule has 3 saturated carbocycles. The van der Waals surface area contributed by atoms with Crippen LogP contribution in [0, 0.1) is 34.5 Å². The van der Waals surface area contributed by atoms with E-state index in [1.165, 1.54) is 6.92 Å². The maximum absolute atomic E-state index is 12.2. The second-order valence-electron chi connectivity index (χ2n) is 9.73. The predicted octanol–water partition coefficient (Wildman–Crippen LogP) is 2.46. The SMILES string of the molecule is CC(=O)[C@@]1(O)CC[C@H]2[C@@H]3[C@@H](O)CC4C[C@H](O)C=C[C@]4(C)[C@H]3CC[C@@]21C. The third kappa shape index (κ3) is 2.14. The fraction of sp³-hybridized carbons (Fsp3) is 0.857. The van der Waals surface area contributed by atoms with E-state index in [1.54, 1.807) is 0 Å². The molecule has 4 aliphatic carbocycles. The molecule has 0 aromatic rings. The Morgan fingerprint density at radius 3 is 2.44 bits per heavy atom. The number of aliphatic hydroxyl groups is 3. The van der Waals surface area contributed by atoms with Gasteiger partial charge in [0, 0.05) is 5.41 Å². The Kier molecular flexibility index (Phi) is 3.82. The molecular formula is C21H32O4. The van der Waals surface area contributed by atoms with E-state index in [4.69, 9.17) is 0 Å². The molecule has 25 heavy (non-hydrogen) atoms. The van der Waals surface area contributed by atoms with Crippen molar-refractivity contribution in [3.05, 3.63) is 12.2 Å². The summed E-state index contributed by atoms with van der Waals surface area (Å²) in [5.41, 5.74) is -1.66. The van der Waals surface area contributed by atoms with Crippen molar-refractivity contribution in [2.45, 2.75) is 77.1 Å². The van der Waals surface area contributed by atoms with Crippen molar-refractivity contribution in [2.75, 3.05) is 0 Å². The Hall–Kier alpha value is -0.710. The number of hydrogen-bond donors (Lipinski definition) is 3. The smallest absolute Gasteiger partial charge is 0.161 e. The third-order valence-corrected chi connectivity index (χ3v) is 8.92. The summed E-state index contributed by atoms with van der Waals surface area (Å²) in [5, 5.41) is 32.2. The fourth-order valence-corrected chi connectivity index (χ4v) is 7.36. The Morgan fingerprint density at radius 1 is 1.08 bits per heavy atom. The molecule has 0 bridgehead atoms. The van der Waals surface area contributed by atoms with E-state index in [9.17, 15) is 20.1 Å². The van der Waals surface area contributed by atoms with Crippen molar-refractivity contribution in [2.24, 2.45) is 34.5 Å². The highest BCUT2D eigenvalue weighted by Gasteiger charge is 2.67. The standard InChI is InChI=1S/C21H32O4/c1-12(22)21(25)9-6-16-18-15(5-8-20(16,21)3)19(2)7-4-14(23)10-13(19)11-17(18)24/h4,7,13-18,23-25H,5-6,8-11H2,1-3H3/t13?,14-,15+,16+,17+,18-,19+,20+,21+/m1/s1. The molecule has 140 valence electrons. The molecule has 0 spiro atoms. The number of carbonyl (C=O) groups is 1. The van der Waals surface area contributed by atoms with Crippen LogP contribution in [0.4, 0.5) is 0 Å². The zero-order valence-corrected chi connectivity index (χ0v) is 15.6. The van der Waals surface area contributed by atoms with Crippen LogP contribution in [0.5, 0.6) is 0 Å². The van der Waals surface area contributed by atoms with Crippen LogP contribution in [0.15, 0.2) is 12.2 Å². The van der Waals surface area contributed by atoms with E-state index in [0.29, 0.717) is 24.7 Å². The minimum Gasteiger partial charge on any atom is -0.393 e. The van der Waals surface area contributed by atoms with E-state index in [-0.39, 0.29) is 23.0 Å². The first-order chi connectivity index (χ1) is 11.6. The number of Topliss-reactive ketones (excluding diaryl/α,β-unsaturated/α-hetero) is 1.